The first-order valence-corrected chi connectivity index (χ1v) is 10.6. The number of rotatable bonds is 5. The predicted molar refractivity (Wildman–Crippen MR) is 123 cm³/mol. The van der Waals surface area contributed by atoms with Crippen LogP contribution in [0.15, 0.2) is 58.6 Å². The van der Waals surface area contributed by atoms with Gasteiger partial charge in [0.15, 0.2) is 5.16 Å². The fourth-order valence-electron chi connectivity index (χ4n) is 3.31. The summed E-state index contributed by atoms with van der Waals surface area (Å²) in [4.78, 5) is 19.7. The van der Waals surface area contributed by atoms with E-state index in [9.17, 15) is 9.90 Å². The number of nitrogens with one attached hydrogen (secondary N) is 1. The molecule has 0 unspecified atom stereocenters. The van der Waals surface area contributed by atoms with Crippen LogP contribution in [0, 0.1) is 13.8 Å². The van der Waals surface area contributed by atoms with Gasteiger partial charge < -0.3 is 14.7 Å². The molecule has 0 aliphatic rings. The molecule has 0 fully saturated rings. The van der Waals surface area contributed by atoms with Gasteiger partial charge >= 0.3 is 5.97 Å². The molecule has 0 atom stereocenters. The Kier molecular flexibility index (Phi) is 5.64. The second-order valence-electron chi connectivity index (χ2n) is 6.74. The third kappa shape index (κ3) is 3.99. The van der Waals surface area contributed by atoms with Gasteiger partial charge in [0.1, 0.15) is 4.91 Å². The molecule has 4 aromatic rings. The number of carboxylic acids is 1. The zero-order valence-electron chi connectivity index (χ0n) is 16.1. The van der Waals surface area contributed by atoms with Crippen LogP contribution in [0.25, 0.3) is 22.8 Å². The van der Waals surface area contributed by atoms with Crippen molar-refractivity contribution in [3.8, 4) is 5.69 Å². The average molecular weight is 458 g/mol. The van der Waals surface area contributed by atoms with Crippen molar-refractivity contribution in [2.24, 2.45) is 0 Å². The molecule has 2 aromatic heterocycles. The highest BCUT2D eigenvalue weighted by Crippen LogP contribution is 2.31. The third-order valence-corrected chi connectivity index (χ3v) is 6.34. The molecule has 2 N–H and O–H groups in total. The summed E-state index contributed by atoms with van der Waals surface area (Å²) in [5, 5.41) is 11.2. The summed E-state index contributed by atoms with van der Waals surface area (Å²) < 4.78 is 2.01. The number of aryl methyl sites for hydroxylation is 1. The first-order valence-electron chi connectivity index (χ1n) is 9.05. The maximum absolute atomic E-state index is 11.9. The molecule has 152 valence electrons. The zero-order chi connectivity index (χ0) is 21.4. The second kappa shape index (κ2) is 8.22. The molecule has 0 saturated carbocycles. The number of H-pyrrole nitrogens is 1. The van der Waals surface area contributed by atoms with Gasteiger partial charge in [-0.1, -0.05) is 35.3 Å². The number of aliphatic carboxylic acids is 1. The summed E-state index contributed by atoms with van der Waals surface area (Å²) in [7, 11) is 0. The molecular formula is C22H17Cl2N3O2S. The van der Waals surface area contributed by atoms with Crippen molar-refractivity contribution in [2.45, 2.75) is 19.0 Å². The highest BCUT2D eigenvalue weighted by molar-refractivity contribution is 8.04. The lowest BCUT2D eigenvalue weighted by Gasteiger charge is -2.10. The first-order chi connectivity index (χ1) is 14.3. The fraction of sp³-hybridized carbons (Fsp3) is 0.0909. The Bertz CT molecular complexity index is 1270. The van der Waals surface area contributed by atoms with Crippen molar-refractivity contribution in [1.29, 1.82) is 0 Å². The van der Waals surface area contributed by atoms with Gasteiger partial charge in [0.05, 0.1) is 21.1 Å². The van der Waals surface area contributed by atoms with Crippen LogP contribution in [0.5, 0.6) is 0 Å². The van der Waals surface area contributed by atoms with Crippen LogP contribution in [-0.4, -0.2) is 25.6 Å². The number of aromatic nitrogens is 3. The van der Waals surface area contributed by atoms with Crippen LogP contribution < -0.4 is 0 Å². The summed E-state index contributed by atoms with van der Waals surface area (Å²) in [5.41, 5.74) is 5.18. The van der Waals surface area contributed by atoms with Gasteiger partial charge in [0.25, 0.3) is 0 Å². The number of para-hydroxylation sites is 2. The number of hydrogen-bond donors (Lipinski definition) is 2. The molecule has 0 aliphatic carbocycles. The van der Waals surface area contributed by atoms with Crippen molar-refractivity contribution in [3.05, 3.63) is 80.4 Å². The Labute approximate surface area is 187 Å². The minimum absolute atomic E-state index is 0.170. The van der Waals surface area contributed by atoms with Crippen LogP contribution in [0.1, 0.15) is 17.0 Å². The van der Waals surface area contributed by atoms with E-state index in [1.54, 1.807) is 18.2 Å². The Morgan fingerprint density at radius 2 is 1.90 bits per heavy atom. The molecule has 30 heavy (non-hydrogen) atoms. The molecule has 0 spiro atoms. The van der Waals surface area contributed by atoms with Gasteiger partial charge in [-0.3, -0.25) is 0 Å². The minimum atomic E-state index is -1.01. The molecule has 0 saturated heterocycles. The SMILES string of the molecule is Cc1cc(/C=C(\Sc2nc3ccccc3[nH]2)C(=O)O)c(C)n1-c1ccc(Cl)c(Cl)c1. The molecule has 4 rings (SSSR count). The molecule has 2 heterocycles. The molecule has 0 aliphatic heterocycles. The van der Waals surface area contributed by atoms with Crippen LogP contribution >= 0.6 is 35.0 Å². The average Bonchev–Trinajstić information content (AvgIpc) is 3.23. The van der Waals surface area contributed by atoms with Crippen LogP contribution in [-0.2, 0) is 4.79 Å². The van der Waals surface area contributed by atoms with Gasteiger partial charge in [-0.2, -0.15) is 0 Å². The van der Waals surface area contributed by atoms with Gasteiger partial charge in [-0.25, -0.2) is 9.78 Å². The minimum Gasteiger partial charge on any atom is -0.477 e. The van der Waals surface area contributed by atoms with E-state index in [4.69, 9.17) is 23.2 Å². The summed E-state index contributed by atoms with van der Waals surface area (Å²) in [6.07, 6.45) is 1.66. The zero-order valence-corrected chi connectivity index (χ0v) is 18.4. The number of fused-ring (bicyclic) bond motifs is 1. The number of nitrogens with zero attached hydrogens (tertiary/aromatic N) is 2. The quantitative estimate of drug-likeness (QED) is 0.265. The van der Waals surface area contributed by atoms with E-state index < -0.39 is 5.97 Å². The van der Waals surface area contributed by atoms with Gasteiger partial charge in [0.2, 0.25) is 0 Å². The van der Waals surface area contributed by atoms with E-state index in [0.29, 0.717) is 15.2 Å². The molecule has 2 aromatic carbocycles. The number of benzene rings is 2. The standard InChI is InChI=1S/C22H17Cl2N3O2S/c1-12-9-14(13(2)27(12)15-7-8-16(23)17(24)11-15)10-20(21(28)29)30-22-25-18-5-3-4-6-19(18)26-22/h3-11H,1-2H3,(H,25,26)(H,28,29)/b20-10-. The number of thioether (sulfide) groups is 1. The number of hydrogen-bond acceptors (Lipinski definition) is 3. The lowest BCUT2D eigenvalue weighted by atomic mass is 10.2. The number of halogens is 2. The van der Waals surface area contributed by atoms with Crippen molar-refractivity contribution < 1.29 is 9.90 Å². The number of carboxylic acid groups (broad SMARTS) is 1. The summed E-state index contributed by atoms with van der Waals surface area (Å²) >= 11 is 13.3. The van der Waals surface area contributed by atoms with Crippen molar-refractivity contribution in [2.75, 3.05) is 0 Å². The highest BCUT2D eigenvalue weighted by Gasteiger charge is 2.16. The fourth-order valence-corrected chi connectivity index (χ4v) is 4.39. The van der Waals surface area contributed by atoms with E-state index in [-0.39, 0.29) is 4.91 Å². The second-order valence-corrected chi connectivity index (χ2v) is 8.58. The highest BCUT2D eigenvalue weighted by atomic mass is 35.5. The number of carbonyl (C=O) groups is 1. The first kappa shape index (κ1) is 20.6. The molecule has 0 amide bonds. The lowest BCUT2D eigenvalue weighted by molar-refractivity contribution is -0.131. The Morgan fingerprint density at radius 1 is 1.13 bits per heavy atom. The number of imidazole rings is 1. The lowest BCUT2D eigenvalue weighted by Crippen LogP contribution is -2.00. The largest absolute Gasteiger partial charge is 0.477 e. The van der Waals surface area contributed by atoms with Crippen molar-refractivity contribution >= 4 is 58.0 Å². The molecule has 0 bridgehead atoms. The predicted octanol–water partition coefficient (Wildman–Crippen LogP) is 6.50. The molecule has 5 nitrogen and oxygen atoms in total. The van der Waals surface area contributed by atoms with Gasteiger partial charge in [0, 0.05) is 17.1 Å². The van der Waals surface area contributed by atoms with Crippen molar-refractivity contribution in [3.63, 3.8) is 0 Å². The van der Waals surface area contributed by atoms with Crippen LogP contribution in [0.3, 0.4) is 0 Å². The molecular weight excluding hydrogens is 441 g/mol. The van der Waals surface area contributed by atoms with Gasteiger partial charge in [-0.15, -0.1) is 0 Å². The van der Waals surface area contributed by atoms with Crippen molar-refractivity contribution in [1.82, 2.24) is 14.5 Å². The monoisotopic (exact) mass is 457 g/mol. The Hall–Kier alpha value is -2.67. The van der Waals surface area contributed by atoms with E-state index >= 15 is 0 Å². The summed E-state index contributed by atoms with van der Waals surface area (Å²) in [6, 6.07) is 14.9. The van der Waals surface area contributed by atoms with Crippen LogP contribution in [0.2, 0.25) is 10.0 Å². The van der Waals surface area contributed by atoms with Crippen LogP contribution in [0.4, 0.5) is 0 Å². The normalized spacial score (nSPS) is 11.9. The topological polar surface area (TPSA) is 70.9 Å². The smallest absolute Gasteiger partial charge is 0.342 e. The van der Waals surface area contributed by atoms with E-state index in [1.807, 2.05) is 54.8 Å². The van der Waals surface area contributed by atoms with Gasteiger partial charge in [-0.05, 0) is 73.6 Å². The molecule has 8 heteroatoms. The molecule has 0 radical (unpaired) electrons. The third-order valence-electron chi connectivity index (χ3n) is 4.70. The summed E-state index contributed by atoms with van der Waals surface area (Å²) in [6.45, 7) is 3.90. The maximum atomic E-state index is 11.9. The summed E-state index contributed by atoms with van der Waals surface area (Å²) in [5.74, 6) is -1.01. The van der Waals surface area contributed by atoms with E-state index in [0.717, 1.165) is 45.4 Å². The van der Waals surface area contributed by atoms with E-state index in [2.05, 4.69) is 9.97 Å². The maximum Gasteiger partial charge on any atom is 0.342 e. The number of aromatic amines is 1. The Morgan fingerprint density at radius 3 is 2.60 bits per heavy atom. The van der Waals surface area contributed by atoms with E-state index in [1.165, 1.54) is 0 Å². The Balaban J connectivity index is 1.72.